The lowest BCUT2D eigenvalue weighted by Crippen LogP contribution is -2.22. The van der Waals surface area contributed by atoms with E-state index < -0.39 is 0 Å². The molecule has 0 bridgehead atoms. The average molecular weight is 237 g/mol. The highest BCUT2D eigenvalue weighted by Gasteiger charge is 2.06. The molecule has 0 fully saturated rings. The first-order valence-corrected chi connectivity index (χ1v) is 5.59. The molecule has 4 N–H and O–H groups in total. The molecular weight excluding hydrogens is 218 g/mol. The Balaban J connectivity index is 2.75. The number of carbonyl (C=O) groups is 1. The first-order valence-electron chi connectivity index (χ1n) is 5.59. The largest absolute Gasteiger partial charge is 0.397 e. The summed E-state index contributed by atoms with van der Waals surface area (Å²) in [5.74, 6) is -0.0951. The number of nitrogen functional groups attached to an aromatic ring is 1. The van der Waals surface area contributed by atoms with E-state index in [1.54, 1.807) is 25.3 Å². The minimum Gasteiger partial charge on any atom is -0.397 e. The Morgan fingerprint density at radius 1 is 1.47 bits per heavy atom. The van der Waals surface area contributed by atoms with Gasteiger partial charge in [-0.25, -0.2) is 0 Å². The smallest absolute Gasteiger partial charge is 0.251 e. The summed E-state index contributed by atoms with van der Waals surface area (Å²) in [4.78, 5) is 11.6. The number of nitrogens with two attached hydrogens (primary N) is 1. The highest BCUT2D eigenvalue weighted by molar-refractivity contribution is 5.96. The second-order valence-electron chi connectivity index (χ2n) is 3.58. The van der Waals surface area contributed by atoms with Crippen molar-refractivity contribution in [2.45, 2.75) is 6.92 Å². The second kappa shape index (κ2) is 6.75. The Morgan fingerprint density at radius 2 is 2.24 bits per heavy atom. The minimum atomic E-state index is -0.0951. The van der Waals surface area contributed by atoms with Crippen molar-refractivity contribution in [3.63, 3.8) is 0 Å². The summed E-state index contributed by atoms with van der Waals surface area (Å²) >= 11 is 0. The van der Waals surface area contributed by atoms with Crippen LogP contribution in [0.4, 0.5) is 11.4 Å². The van der Waals surface area contributed by atoms with E-state index in [1.807, 2.05) is 6.92 Å². The monoisotopic (exact) mass is 237 g/mol. The Bertz CT molecular complexity index is 380. The standard InChI is InChI=1S/C12H19N3O2/c1-3-14-12(16)9-4-5-10(13)11(8-9)15-6-7-17-2/h4-5,8,15H,3,6-7,13H2,1-2H3,(H,14,16). The maximum absolute atomic E-state index is 11.6. The number of amides is 1. The van der Waals surface area contributed by atoms with Gasteiger partial charge in [0.25, 0.3) is 5.91 Å². The number of nitrogens with one attached hydrogen (secondary N) is 2. The molecule has 0 aromatic heterocycles. The third-order valence-electron chi connectivity index (χ3n) is 2.27. The van der Waals surface area contributed by atoms with Gasteiger partial charge in [0.2, 0.25) is 0 Å². The fraction of sp³-hybridized carbons (Fsp3) is 0.417. The lowest BCUT2D eigenvalue weighted by Gasteiger charge is -2.10. The molecule has 0 radical (unpaired) electrons. The number of hydrogen-bond donors (Lipinski definition) is 3. The lowest BCUT2D eigenvalue weighted by atomic mass is 10.1. The molecule has 0 atom stereocenters. The fourth-order valence-electron chi connectivity index (χ4n) is 1.40. The molecule has 0 heterocycles. The zero-order valence-electron chi connectivity index (χ0n) is 10.2. The van der Waals surface area contributed by atoms with Gasteiger partial charge in [0.15, 0.2) is 0 Å². The molecule has 1 rings (SSSR count). The van der Waals surface area contributed by atoms with Gasteiger partial charge in [-0.2, -0.15) is 0 Å². The summed E-state index contributed by atoms with van der Waals surface area (Å²) in [5.41, 5.74) is 7.78. The van der Waals surface area contributed by atoms with Crippen LogP contribution in [0.3, 0.4) is 0 Å². The molecule has 0 spiro atoms. The van der Waals surface area contributed by atoms with Crippen molar-refractivity contribution in [2.24, 2.45) is 0 Å². The highest BCUT2D eigenvalue weighted by Crippen LogP contribution is 2.19. The topological polar surface area (TPSA) is 76.4 Å². The van der Waals surface area contributed by atoms with Gasteiger partial charge in [0.1, 0.15) is 0 Å². The van der Waals surface area contributed by atoms with Crippen molar-refractivity contribution in [1.29, 1.82) is 0 Å². The molecule has 0 aliphatic heterocycles. The van der Waals surface area contributed by atoms with Crippen molar-refractivity contribution in [2.75, 3.05) is 37.9 Å². The van der Waals surface area contributed by atoms with Crippen LogP contribution in [0.15, 0.2) is 18.2 Å². The van der Waals surface area contributed by atoms with Gasteiger partial charge in [-0.05, 0) is 25.1 Å². The summed E-state index contributed by atoms with van der Waals surface area (Å²) in [6.45, 7) is 3.73. The summed E-state index contributed by atoms with van der Waals surface area (Å²) < 4.78 is 4.94. The van der Waals surface area contributed by atoms with Crippen LogP contribution in [-0.2, 0) is 4.74 Å². The quantitative estimate of drug-likeness (QED) is 0.511. The van der Waals surface area contributed by atoms with E-state index in [4.69, 9.17) is 10.5 Å². The Morgan fingerprint density at radius 3 is 2.88 bits per heavy atom. The molecule has 0 saturated heterocycles. The number of carbonyl (C=O) groups excluding carboxylic acids is 1. The van der Waals surface area contributed by atoms with Crippen molar-refractivity contribution >= 4 is 17.3 Å². The molecule has 1 aromatic carbocycles. The molecule has 17 heavy (non-hydrogen) atoms. The van der Waals surface area contributed by atoms with Crippen LogP contribution in [0, 0.1) is 0 Å². The lowest BCUT2D eigenvalue weighted by molar-refractivity contribution is 0.0956. The predicted molar refractivity (Wildman–Crippen MR) is 69.2 cm³/mol. The van der Waals surface area contributed by atoms with Gasteiger partial charge in [-0.3, -0.25) is 4.79 Å². The summed E-state index contributed by atoms with van der Waals surface area (Å²) in [6, 6.07) is 5.18. The maximum Gasteiger partial charge on any atom is 0.251 e. The second-order valence-corrected chi connectivity index (χ2v) is 3.58. The molecule has 5 nitrogen and oxygen atoms in total. The summed E-state index contributed by atoms with van der Waals surface area (Å²) in [5, 5.41) is 5.86. The van der Waals surface area contributed by atoms with Gasteiger partial charge in [0, 0.05) is 25.8 Å². The number of methoxy groups -OCH3 is 1. The molecule has 1 amide bonds. The molecule has 1 aromatic rings. The summed E-state index contributed by atoms with van der Waals surface area (Å²) in [6.07, 6.45) is 0. The SMILES string of the molecule is CCNC(=O)c1ccc(N)c(NCCOC)c1. The van der Waals surface area contributed by atoms with Crippen molar-refractivity contribution in [3.05, 3.63) is 23.8 Å². The van der Waals surface area contributed by atoms with Crippen molar-refractivity contribution in [1.82, 2.24) is 5.32 Å². The zero-order valence-corrected chi connectivity index (χ0v) is 10.2. The van der Waals surface area contributed by atoms with Crippen LogP contribution in [0.2, 0.25) is 0 Å². The van der Waals surface area contributed by atoms with E-state index >= 15 is 0 Å². The van der Waals surface area contributed by atoms with E-state index in [-0.39, 0.29) is 5.91 Å². The Kier molecular flexibility index (Phi) is 5.29. The number of ether oxygens (including phenoxy) is 1. The minimum absolute atomic E-state index is 0.0951. The van der Waals surface area contributed by atoms with Crippen LogP contribution in [0.1, 0.15) is 17.3 Å². The van der Waals surface area contributed by atoms with Gasteiger partial charge in [0.05, 0.1) is 18.0 Å². The average Bonchev–Trinajstić information content (AvgIpc) is 2.32. The molecule has 94 valence electrons. The van der Waals surface area contributed by atoms with E-state index in [0.29, 0.717) is 30.9 Å². The molecule has 0 aliphatic rings. The van der Waals surface area contributed by atoms with Gasteiger partial charge in [-0.1, -0.05) is 0 Å². The number of hydrogen-bond acceptors (Lipinski definition) is 4. The first-order chi connectivity index (χ1) is 8.19. The van der Waals surface area contributed by atoms with Crippen molar-refractivity contribution in [3.8, 4) is 0 Å². The van der Waals surface area contributed by atoms with E-state index in [9.17, 15) is 4.79 Å². The Labute approximate surface area is 101 Å². The van der Waals surface area contributed by atoms with Crippen molar-refractivity contribution < 1.29 is 9.53 Å². The number of benzene rings is 1. The normalized spacial score (nSPS) is 10.0. The van der Waals surface area contributed by atoms with E-state index in [0.717, 1.165) is 5.69 Å². The van der Waals surface area contributed by atoms with Gasteiger partial charge in [-0.15, -0.1) is 0 Å². The molecular formula is C12H19N3O2. The fourth-order valence-corrected chi connectivity index (χ4v) is 1.40. The molecule has 0 aliphatic carbocycles. The highest BCUT2D eigenvalue weighted by atomic mass is 16.5. The Hall–Kier alpha value is -1.75. The third kappa shape index (κ3) is 3.96. The molecule has 0 saturated carbocycles. The van der Waals surface area contributed by atoms with Crippen LogP contribution >= 0.6 is 0 Å². The van der Waals surface area contributed by atoms with Crippen LogP contribution in [-0.4, -0.2) is 32.7 Å². The van der Waals surface area contributed by atoms with Crippen LogP contribution < -0.4 is 16.4 Å². The first kappa shape index (κ1) is 13.3. The zero-order chi connectivity index (χ0) is 12.7. The predicted octanol–water partition coefficient (Wildman–Crippen LogP) is 1.08. The van der Waals surface area contributed by atoms with Gasteiger partial charge < -0.3 is 21.1 Å². The van der Waals surface area contributed by atoms with Crippen LogP contribution in [0.25, 0.3) is 0 Å². The molecule has 0 unspecified atom stereocenters. The van der Waals surface area contributed by atoms with E-state index in [1.165, 1.54) is 0 Å². The van der Waals surface area contributed by atoms with Gasteiger partial charge >= 0.3 is 0 Å². The number of rotatable bonds is 6. The summed E-state index contributed by atoms with van der Waals surface area (Å²) in [7, 11) is 1.64. The number of anilines is 2. The maximum atomic E-state index is 11.6. The van der Waals surface area contributed by atoms with Crippen LogP contribution in [0.5, 0.6) is 0 Å². The van der Waals surface area contributed by atoms with E-state index in [2.05, 4.69) is 10.6 Å². The third-order valence-corrected chi connectivity index (χ3v) is 2.27. The molecule has 5 heteroatoms.